The van der Waals surface area contributed by atoms with Crippen molar-refractivity contribution in [3.63, 3.8) is 0 Å². The predicted molar refractivity (Wildman–Crippen MR) is 139 cm³/mol. The molecule has 36 heavy (non-hydrogen) atoms. The Bertz CT molecular complexity index is 1280. The van der Waals surface area contributed by atoms with Gasteiger partial charge in [0.25, 0.3) is 5.91 Å². The number of hydrogen-bond donors (Lipinski definition) is 2. The molecule has 1 atom stereocenters. The van der Waals surface area contributed by atoms with E-state index < -0.39 is 23.9 Å². The summed E-state index contributed by atoms with van der Waals surface area (Å²) in [5.41, 5.74) is 5.91. The number of hydrogen-bond acceptors (Lipinski definition) is 9. The molecule has 1 unspecified atom stereocenters. The predicted octanol–water partition coefficient (Wildman–Crippen LogP) is 4.47. The summed E-state index contributed by atoms with van der Waals surface area (Å²) in [5, 5.41) is 12.4. The van der Waals surface area contributed by atoms with Gasteiger partial charge < -0.3 is 25.1 Å². The number of nitrogens with two attached hydrogens (primary N) is 1. The molecule has 0 saturated heterocycles. The van der Waals surface area contributed by atoms with Crippen LogP contribution in [0.4, 0.5) is 5.00 Å². The van der Waals surface area contributed by atoms with Crippen molar-refractivity contribution in [2.45, 2.75) is 45.5 Å². The smallest absolute Gasteiger partial charge is 0.341 e. The molecule has 3 aromatic rings. The molecule has 2 aromatic heterocycles. The molecule has 192 valence electrons. The molecular weight excluding hydrogens is 526 g/mol. The third-order valence-corrected chi connectivity index (χ3v) is 7.50. The lowest BCUT2D eigenvalue weighted by atomic mass is 10.1. The summed E-state index contributed by atoms with van der Waals surface area (Å²) in [6.45, 7) is 7.74. The Morgan fingerprint density at radius 3 is 2.61 bits per heavy atom. The quantitative estimate of drug-likeness (QED) is 0.263. The first-order valence-corrected chi connectivity index (χ1v) is 13.2. The van der Waals surface area contributed by atoms with Crippen molar-refractivity contribution in [1.29, 1.82) is 0 Å². The molecule has 0 saturated carbocycles. The van der Waals surface area contributed by atoms with Crippen LogP contribution in [0.1, 0.15) is 58.3 Å². The number of carbonyl (C=O) groups excluding carboxylic acids is 3. The van der Waals surface area contributed by atoms with Gasteiger partial charge in [-0.3, -0.25) is 9.59 Å². The van der Waals surface area contributed by atoms with Crippen LogP contribution in [0.5, 0.6) is 5.75 Å². The maximum Gasteiger partial charge on any atom is 0.341 e. The van der Waals surface area contributed by atoms with Crippen LogP contribution >= 0.6 is 34.7 Å². The number of esters is 1. The minimum atomic E-state index is -0.686. The van der Waals surface area contributed by atoms with Crippen molar-refractivity contribution in [2.75, 3.05) is 17.7 Å². The first kappa shape index (κ1) is 27.5. The van der Waals surface area contributed by atoms with Gasteiger partial charge in [0.05, 0.1) is 27.8 Å². The van der Waals surface area contributed by atoms with E-state index in [9.17, 15) is 14.4 Å². The van der Waals surface area contributed by atoms with Crippen molar-refractivity contribution in [1.82, 2.24) is 14.8 Å². The lowest BCUT2D eigenvalue weighted by molar-refractivity contribution is -0.113. The second-order valence-corrected chi connectivity index (χ2v) is 9.83. The molecular formula is C23H26ClN5O5S2. The number of thiophene rings is 1. The van der Waals surface area contributed by atoms with Gasteiger partial charge >= 0.3 is 5.97 Å². The van der Waals surface area contributed by atoms with Gasteiger partial charge in [0.15, 0.2) is 17.1 Å². The Kier molecular flexibility index (Phi) is 9.35. The fraction of sp³-hybridized carbons (Fsp3) is 0.348. The van der Waals surface area contributed by atoms with Crippen LogP contribution in [0.3, 0.4) is 0 Å². The highest BCUT2D eigenvalue weighted by atomic mass is 35.5. The Labute approximate surface area is 221 Å². The van der Waals surface area contributed by atoms with Gasteiger partial charge in [0.1, 0.15) is 10.8 Å². The minimum Gasteiger partial charge on any atom is -0.481 e. The zero-order chi connectivity index (χ0) is 26.4. The number of rotatable bonds is 11. The van der Waals surface area contributed by atoms with Gasteiger partial charge in [0, 0.05) is 6.54 Å². The summed E-state index contributed by atoms with van der Waals surface area (Å²) in [4.78, 5) is 37.1. The number of primary amides is 1. The van der Waals surface area contributed by atoms with Crippen LogP contribution in [0.15, 0.2) is 29.4 Å². The summed E-state index contributed by atoms with van der Waals surface area (Å²) in [7, 11) is 0. The van der Waals surface area contributed by atoms with E-state index in [-0.39, 0.29) is 27.8 Å². The molecule has 3 N–H and O–H groups in total. The van der Waals surface area contributed by atoms with Crippen LogP contribution in [-0.2, 0) is 16.1 Å². The summed E-state index contributed by atoms with van der Waals surface area (Å²) in [6, 6.07) is 7.15. The molecule has 0 aliphatic carbocycles. The average molecular weight is 552 g/mol. The number of para-hydroxylation sites is 1. The Morgan fingerprint density at radius 2 is 1.97 bits per heavy atom. The second-order valence-electron chi connectivity index (χ2n) is 7.46. The second kappa shape index (κ2) is 12.2. The number of aromatic nitrogens is 3. The van der Waals surface area contributed by atoms with Crippen molar-refractivity contribution >= 4 is 57.5 Å². The van der Waals surface area contributed by atoms with Gasteiger partial charge in [-0.25, -0.2) is 4.79 Å². The van der Waals surface area contributed by atoms with Crippen LogP contribution in [-0.4, -0.2) is 44.9 Å². The van der Waals surface area contributed by atoms with Crippen molar-refractivity contribution in [3.8, 4) is 5.75 Å². The monoisotopic (exact) mass is 551 g/mol. The van der Waals surface area contributed by atoms with Gasteiger partial charge in [-0.15, -0.1) is 21.5 Å². The molecule has 0 fully saturated rings. The SMILES string of the molecule is CCOC(=O)c1c(NC(=O)CSc2nnc(C(C)Oc3ccccc3Cl)n2CC)sc(C(N)=O)c1C. The summed E-state index contributed by atoms with van der Waals surface area (Å²) >= 11 is 8.31. The van der Waals surface area contributed by atoms with E-state index in [4.69, 9.17) is 26.8 Å². The first-order valence-electron chi connectivity index (χ1n) is 11.0. The van der Waals surface area contributed by atoms with E-state index in [0.29, 0.717) is 33.9 Å². The highest BCUT2D eigenvalue weighted by molar-refractivity contribution is 7.99. The van der Waals surface area contributed by atoms with Crippen LogP contribution in [0.2, 0.25) is 5.02 Å². The molecule has 10 nitrogen and oxygen atoms in total. The van der Waals surface area contributed by atoms with Crippen molar-refractivity contribution in [3.05, 3.63) is 51.1 Å². The highest BCUT2D eigenvalue weighted by Crippen LogP contribution is 2.34. The Balaban J connectivity index is 1.72. The number of ether oxygens (including phenoxy) is 2. The molecule has 13 heteroatoms. The third-order valence-electron chi connectivity index (χ3n) is 5.00. The number of thioether (sulfide) groups is 1. The van der Waals surface area contributed by atoms with Gasteiger partial charge in [-0.1, -0.05) is 35.5 Å². The molecule has 3 rings (SSSR count). The lowest BCUT2D eigenvalue weighted by Crippen LogP contribution is -2.17. The molecule has 0 aliphatic rings. The third kappa shape index (κ3) is 6.18. The molecule has 0 radical (unpaired) electrons. The fourth-order valence-corrected chi connectivity index (χ4v) is 5.42. The zero-order valence-electron chi connectivity index (χ0n) is 20.2. The summed E-state index contributed by atoms with van der Waals surface area (Å²) < 4.78 is 12.9. The number of carbonyl (C=O) groups is 3. The van der Waals surface area contributed by atoms with E-state index in [1.807, 2.05) is 30.5 Å². The normalized spacial score (nSPS) is 11.7. The van der Waals surface area contributed by atoms with Crippen LogP contribution < -0.4 is 15.8 Å². The van der Waals surface area contributed by atoms with Gasteiger partial charge in [0.2, 0.25) is 5.91 Å². The number of amides is 2. The molecule has 0 aliphatic heterocycles. The summed E-state index contributed by atoms with van der Waals surface area (Å²) in [6.07, 6.45) is -0.436. The van der Waals surface area contributed by atoms with E-state index in [1.54, 1.807) is 26.0 Å². The number of benzene rings is 1. The van der Waals surface area contributed by atoms with E-state index in [0.717, 1.165) is 11.3 Å². The molecule has 1 aromatic carbocycles. The van der Waals surface area contributed by atoms with Gasteiger partial charge in [-0.2, -0.15) is 0 Å². The van der Waals surface area contributed by atoms with Crippen molar-refractivity contribution in [2.24, 2.45) is 5.73 Å². The van der Waals surface area contributed by atoms with E-state index in [1.165, 1.54) is 11.8 Å². The van der Waals surface area contributed by atoms with Crippen molar-refractivity contribution < 1.29 is 23.9 Å². The standard InChI is InChI=1S/C23H26ClN5O5S2/c1-5-29-20(13(4)34-15-10-8-7-9-14(15)24)27-28-23(29)35-11-16(30)26-21-17(22(32)33-6-2)12(3)18(36-21)19(25)31/h7-10,13H,5-6,11H2,1-4H3,(H2,25,31)(H,26,30). The number of nitrogens with one attached hydrogen (secondary N) is 1. The highest BCUT2D eigenvalue weighted by Gasteiger charge is 2.26. The zero-order valence-corrected chi connectivity index (χ0v) is 22.6. The van der Waals surface area contributed by atoms with Crippen LogP contribution in [0.25, 0.3) is 0 Å². The molecule has 2 heterocycles. The number of anilines is 1. The average Bonchev–Trinajstić information content (AvgIpc) is 3.39. The fourth-order valence-electron chi connectivity index (χ4n) is 3.37. The molecule has 2 amide bonds. The van der Waals surface area contributed by atoms with Crippen LogP contribution in [0, 0.1) is 6.92 Å². The summed E-state index contributed by atoms with van der Waals surface area (Å²) in [5.74, 6) is -0.604. The molecule has 0 spiro atoms. The topological polar surface area (TPSA) is 138 Å². The maximum atomic E-state index is 12.7. The number of nitrogens with zero attached hydrogens (tertiary/aromatic N) is 3. The van der Waals surface area contributed by atoms with Gasteiger partial charge in [-0.05, 0) is 45.4 Å². The Morgan fingerprint density at radius 1 is 1.25 bits per heavy atom. The molecule has 0 bridgehead atoms. The largest absolute Gasteiger partial charge is 0.481 e. The van der Waals surface area contributed by atoms with E-state index in [2.05, 4.69) is 15.5 Å². The van der Waals surface area contributed by atoms with E-state index >= 15 is 0 Å². The number of halogens is 1. The minimum absolute atomic E-state index is 0.0109. The maximum absolute atomic E-state index is 12.7. The Hall–Kier alpha value is -3.09. The first-order chi connectivity index (χ1) is 17.2. The lowest BCUT2D eigenvalue weighted by Gasteiger charge is -2.16.